The molecule has 0 radical (unpaired) electrons. The minimum atomic E-state index is -0.602. The van der Waals surface area contributed by atoms with Crippen molar-refractivity contribution in [1.82, 2.24) is 15.1 Å². The fourth-order valence-electron chi connectivity index (χ4n) is 6.23. The van der Waals surface area contributed by atoms with Crippen molar-refractivity contribution in [2.45, 2.75) is 6.04 Å². The summed E-state index contributed by atoms with van der Waals surface area (Å²) in [6, 6.07) is 33.1. The van der Waals surface area contributed by atoms with E-state index in [1.807, 2.05) is 71.6 Å². The molecule has 3 N–H and O–H groups in total. The highest BCUT2D eigenvalue weighted by Gasteiger charge is 2.30. The highest BCUT2D eigenvalue weighted by Crippen LogP contribution is 2.38. The molecular weight excluding hydrogens is 572 g/mol. The van der Waals surface area contributed by atoms with Gasteiger partial charge in [0.2, 0.25) is 0 Å². The van der Waals surface area contributed by atoms with E-state index in [2.05, 4.69) is 51.5 Å². The van der Waals surface area contributed by atoms with Gasteiger partial charge in [-0.3, -0.25) is 14.6 Å². The van der Waals surface area contributed by atoms with E-state index in [1.54, 1.807) is 0 Å². The van der Waals surface area contributed by atoms with Crippen LogP contribution in [-0.2, 0) is 0 Å². The molecule has 226 valence electrons. The van der Waals surface area contributed by atoms with E-state index in [1.165, 1.54) is 16.0 Å². The predicted molar refractivity (Wildman–Crippen MR) is 177 cm³/mol. The molecule has 0 spiro atoms. The number of hydrogen-bond acceptors (Lipinski definition) is 5. The Labute approximate surface area is 263 Å². The fraction of sp³-hybridized carbons (Fsp3) is 0.257. The van der Waals surface area contributed by atoms with E-state index in [0.717, 1.165) is 45.0 Å². The smallest absolute Gasteiger partial charge is 0.323 e. The van der Waals surface area contributed by atoms with Crippen LogP contribution >= 0.6 is 11.6 Å². The first-order chi connectivity index (χ1) is 21.5. The summed E-state index contributed by atoms with van der Waals surface area (Å²) in [5.74, 6) is -0.0460. The van der Waals surface area contributed by atoms with Gasteiger partial charge in [-0.25, -0.2) is 4.79 Å². The Hall–Kier alpha value is -4.37. The molecule has 0 saturated carbocycles. The lowest BCUT2D eigenvalue weighted by Crippen LogP contribution is -2.48. The third-order valence-electron chi connectivity index (χ3n) is 8.42. The van der Waals surface area contributed by atoms with Crippen molar-refractivity contribution >= 4 is 40.6 Å². The van der Waals surface area contributed by atoms with Crippen LogP contribution in [0.25, 0.3) is 0 Å². The van der Waals surface area contributed by atoms with Crippen molar-refractivity contribution in [1.29, 1.82) is 0 Å². The molecule has 2 aliphatic heterocycles. The number of amides is 3. The lowest BCUT2D eigenvalue weighted by molar-refractivity contribution is 0.0736. The summed E-state index contributed by atoms with van der Waals surface area (Å²) in [6.07, 6.45) is 0. The van der Waals surface area contributed by atoms with Crippen LogP contribution in [0.15, 0.2) is 103 Å². The summed E-state index contributed by atoms with van der Waals surface area (Å²) in [7, 11) is 0. The number of carbonyl (C=O) groups excluding carboxylic acids is 2. The molecule has 0 aromatic heterocycles. The molecule has 1 unspecified atom stereocenters. The molecule has 6 rings (SSSR count). The van der Waals surface area contributed by atoms with Crippen LogP contribution in [0.5, 0.6) is 0 Å². The Bertz CT molecular complexity index is 1570. The summed E-state index contributed by atoms with van der Waals surface area (Å²) in [5.41, 5.74) is 11.1. The van der Waals surface area contributed by atoms with Gasteiger partial charge in [0.05, 0.1) is 23.1 Å². The van der Waals surface area contributed by atoms with E-state index < -0.39 is 6.03 Å². The van der Waals surface area contributed by atoms with Gasteiger partial charge in [0.25, 0.3) is 5.91 Å². The second-order valence-electron chi connectivity index (χ2n) is 11.1. The van der Waals surface area contributed by atoms with Crippen molar-refractivity contribution in [2.75, 3.05) is 62.2 Å². The lowest BCUT2D eigenvalue weighted by atomic mass is 9.96. The van der Waals surface area contributed by atoms with Gasteiger partial charge in [0, 0.05) is 62.9 Å². The molecule has 3 amide bonds. The highest BCUT2D eigenvalue weighted by molar-refractivity contribution is 6.30. The zero-order valence-electron chi connectivity index (χ0n) is 24.6. The predicted octanol–water partition coefficient (Wildman–Crippen LogP) is 5.51. The van der Waals surface area contributed by atoms with Crippen molar-refractivity contribution in [3.63, 3.8) is 0 Å². The maximum absolute atomic E-state index is 13.5. The van der Waals surface area contributed by atoms with Crippen molar-refractivity contribution < 1.29 is 9.59 Å². The summed E-state index contributed by atoms with van der Waals surface area (Å²) in [5, 5.41) is 4.01. The number of primary amides is 1. The molecule has 2 fully saturated rings. The van der Waals surface area contributed by atoms with Gasteiger partial charge >= 0.3 is 6.03 Å². The number of halogens is 1. The number of anilines is 3. The summed E-state index contributed by atoms with van der Waals surface area (Å²) in [4.78, 5) is 34.7. The molecular formula is C35H37ClN6O2. The summed E-state index contributed by atoms with van der Waals surface area (Å²) >= 11 is 6.23. The molecule has 0 bridgehead atoms. The quantitative estimate of drug-likeness (QED) is 0.289. The molecule has 4 aromatic rings. The number of nitrogens with two attached hydrogens (primary N) is 1. The molecule has 0 aliphatic carbocycles. The highest BCUT2D eigenvalue weighted by atomic mass is 35.5. The zero-order chi connectivity index (χ0) is 30.5. The van der Waals surface area contributed by atoms with Crippen LogP contribution in [0.2, 0.25) is 5.02 Å². The first kappa shape index (κ1) is 29.7. The van der Waals surface area contributed by atoms with Crippen LogP contribution in [0.3, 0.4) is 0 Å². The first-order valence-electron chi connectivity index (χ1n) is 15.1. The zero-order valence-corrected chi connectivity index (χ0v) is 25.4. The average Bonchev–Trinajstić information content (AvgIpc) is 3.07. The monoisotopic (exact) mass is 608 g/mol. The number of rotatable bonds is 7. The number of hydrogen-bond donors (Lipinski definition) is 2. The maximum atomic E-state index is 13.5. The minimum absolute atomic E-state index is 0.0460. The van der Waals surface area contributed by atoms with Crippen LogP contribution < -0.4 is 20.9 Å². The SMILES string of the molecule is NC(=O)N(c1ccccc1)c1cc(C(=O)N2CCNCC2)ccc1N1CCN(C(c2ccccc2)c2ccc(Cl)cc2)CC1. The number of urea groups is 1. The fourth-order valence-corrected chi connectivity index (χ4v) is 6.36. The van der Waals surface area contributed by atoms with Crippen molar-refractivity contribution in [3.8, 4) is 0 Å². The van der Waals surface area contributed by atoms with Crippen LogP contribution in [0, 0.1) is 0 Å². The number of para-hydroxylation sites is 1. The number of nitrogens with one attached hydrogen (secondary N) is 1. The topological polar surface area (TPSA) is 85.1 Å². The molecule has 8 nitrogen and oxygen atoms in total. The molecule has 4 aromatic carbocycles. The van der Waals surface area contributed by atoms with Gasteiger partial charge in [0.1, 0.15) is 0 Å². The Balaban J connectivity index is 1.32. The second kappa shape index (κ2) is 13.5. The van der Waals surface area contributed by atoms with Gasteiger partial charge in [-0.2, -0.15) is 0 Å². The molecule has 44 heavy (non-hydrogen) atoms. The molecule has 2 saturated heterocycles. The standard InChI is InChI=1S/C35H37ClN6O2/c36-29-14-11-27(12-15-29)33(26-7-3-1-4-8-26)40-23-21-39(22-24-40)31-16-13-28(34(43)41-19-17-38-18-20-41)25-32(31)42(35(37)44)30-9-5-2-6-10-30/h1-16,25,33,38H,17-24H2,(H2,37,44). The van der Waals surface area contributed by atoms with E-state index in [4.69, 9.17) is 17.3 Å². The van der Waals surface area contributed by atoms with E-state index in [9.17, 15) is 9.59 Å². The van der Waals surface area contributed by atoms with E-state index in [-0.39, 0.29) is 11.9 Å². The number of benzene rings is 4. The lowest BCUT2D eigenvalue weighted by Gasteiger charge is -2.41. The third kappa shape index (κ3) is 6.43. The van der Waals surface area contributed by atoms with Gasteiger partial charge in [-0.1, -0.05) is 72.3 Å². The van der Waals surface area contributed by atoms with Crippen LogP contribution in [0.1, 0.15) is 27.5 Å². The van der Waals surface area contributed by atoms with Gasteiger partial charge in [-0.05, 0) is 53.6 Å². The summed E-state index contributed by atoms with van der Waals surface area (Å²) < 4.78 is 0. The average molecular weight is 609 g/mol. The number of carbonyl (C=O) groups is 2. The minimum Gasteiger partial charge on any atom is -0.367 e. The van der Waals surface area contributed by atoms with E-state index in [0.29, 0.717) is 35.1 Å². The van der Waals surface area contributed by atoms with Gasteiger partial charge in [0.15, 0.2) is 0 Å². The van der Waals surface area contributed by atoms with Crippen molar-refractivity contribution in [2.24, 2.45) is 5.73 Å². The van der Waals surface area contributed by atoms with Gasteiger partial charge in [-0.15, -0.1) is 0 Å². The Morgan fingerprint density at radius 3 is 2.00 bits per heavy atom. The molecule has 9 heteroatoms. The molecule has 2 heterocycles. The van der Waals surface area contributed by atoms with E-state index >= 15 is 0 Å². The third-order valence-corrected chi connectivity index (χ3v) is 8.68. The Morgan fingerprint density at radius 1 is 0.750 bits per heavy atom. The second-order valence-corrected chi connectivity index (χ2v) is 11.6. The van der Waals surface area contributed by atoms with Crippen LogP contribution in [0.4, 0.5) is 21.9 Å². The Kier molecular flexibility index (Phi) is 9.12. The largest absolute Gasteiger partial charge is 0.367 e. The number of piperazine rings is 2. The maximum Gasteiger partial charge on any atom is 0.323 e. The molecule has 1 atom stereocenters. The number of nitrogens with zero attached hydrogens (tertiary/aromatic N) is 4. The first-order valence-corrected chi connectivity index (χ1v) is 15.5. The van der Waals surface area contributed by atoms with Crippen LogP contribution in [-0.4, -0.2) is 74.1 Å². The van der Waals surface area contributed by atoms with Crippen molar-refractivity contribution in [3.05, 3.63) is 125 Å². The molecule has 2 aliphatic rings. The summed E-state index contributed by atoms with van der Waals surface area (Å²) in [6.45, 7) is 5.87. The normalized spacial score (nSPS) is 16.4. The van der Waals surface area contributed by atoms with Gasteiger partial charge < -0.3 is 20.9 Å². The Morgan fingerprint density at radius 2 is 1.36 bits per heavy atom.